The Bertz CT molecular complexity index is 1200. The third kappa shape index (κ3) is 4.22. The Morgan fingerprint density at radius 3 is 2.52 bits per heavy atom. The van der Waals surface area contributed by atoms with Gasteiger partial charge < -0.3 is 15.7 Å². The molecule has 5 rings (SSSR count). The van der Waals surface area contributed by atoms with E-state index in [2.05, 4.69) is 29.2 Å². The summed E-state index contributed by atoms with van der Waals surface area (Å²) in [6.45, 7) is 4.28. The van der Waals surface area contributed by atoms with E-state index in [1.807, 2.05) is 30.3 Å². The number of fused-ring (bicyclic) bond motifs is 1. The number of carboxylic acid groups (broad SMARTS) is 1. The van der Waals surface area contributed by atoms with Crippen molar-refractivity contribution in [2.75, 3.05) is 10.6 Å². The number of carbonyl (C=O) groups is 1. The summed E-state index contributed by atoms with van der Waals surface area (Å²) in [5, 5.41) is 16.3. The molecule has 0 radical (unpaired) electrons. The standard InChI is InChI=1S/C25H31N3O4S/c1-24(2)15-22(16-5-3-8-18(13-16)27-25(11-12-25)23(29)30)26-21-10-9-19(14-20(21)24)33(31,32)28-17-6-4-7-17/h3,5,8-10,13-14,17,22,26-28H,4,6-7,11-12,15H2,1-2H3,(H,29,30). The maximum absolute atomic E-state index is 12.8. The van der Waals surface area contributed by atoms with Crippen LogP contribution in [0.3, 0.4) is 0 Å². The van der Waals surface area contributed by atoms with Crippen molar-refractivity contribution >= 4 is 27.4 Å². The lowest BCUT2D eigenvalue weighted by molar-refractivity contribution is -0.138. The van der Waals surface area contributed by atoms with E-state index in [9.17, 15) is 18.3 Å². The van der Waals surface area contributed by atoms with Crippen LogP contribution in [0.5, 0.6) is 0 Å². The molecule has 4 N–H and O–H groups in total. The van der Waals surface area contributed by atoms with Gasteiger partial charge in [-0.25, -0.2) is 17.9 Å². The van der Waals surface area contributed by atoms with E-state index in [0.29, 0.717) is 17.7 Å². The highest BCUT2D eigenvalue weighted by molar-refractivity contribution is 7.89. The number of hydrogen-bond acceptors (Lipinski definition) is 5. The smallest absolute Gasteiger partial charge is 0.329 e. The first-order chi connectivity index (χ1) is 15.6. The van der Waals surface area contributed by atoms with Crippen molar-refractivity contribution in [1.82, 2.24) is 4.72 Å². The van der Waals surface area contributed by atoms with Crippen LogP contribution in [0.25, 0.3) is 0 Å². The third-order valence-electron chi connectivity index (χ3n) is 7.33. The third-order valence-corrected chi connectivity index (χ3v) is 8.85. The fourth-order valence-corrected chi connectivity index (χ4v) is 6.21. The minimum Gasteiger partial charge on any atom is -0.480 e. The van der Waals surface area contributed by atoms with Crippen molar-refractivity contribution in [1.29, 1.82) is 0 Å². The van der Waals surface area contributed by atoms with Crippen LogP contribution in [0.15, 0.2) is 47.4 Å². The van der Waals surface area contributed by atoms with Gasteiger partial charge in [0.1, 0.15) is 5.54 Å². The van der Waals surface area contributed by atoms with Gasteiger partial charge in [-0.05, 0) is 79.0 Å². The van der Waals surface area contributed by atoms with E-state index < -0.39 is 21.5 Å². The van der Waals surface area contributed by atoms with Crippen molar-refractivity contribution in [3.8, 4) is 0 Å². The van der Waals surface area contributed by atoms with Crippen LogP contribution < -0.4 is 15.4 Å². The molecule has 33 heavy (non-hydrogen) atoms. The molecule has 0 bridgehead atoms. The molecule has 2 saturated carbocycles. The molecule has 1 unspecified atom stereocenters. The van der Waals surface area contributed by atoms with E-state index in [1.54, 1.807) is 12.1 Å². The zero-order chi connectivity index (χ0) is 23.4. The average Bonchev–Trinajstić information content (AvgIpc) is 3.51. The fourth-order valence-electron chi connectivity index (χ4n) is 4.88. The predicted molar refractivity (Wildman–Crippen MR) is 128 cm³/mol. The molecule has 2 fully saturated rings. The average molecular weight is 470 g/mol. The van der Waals surface area contributed by atoms with Crippen LogP contribution in [0.2, 0.25) is 0 Å². The van der Waals surface area contributed by atoms with Gasteiger partial charge in [0.05, 0.1) is 10.9 Å². The normalized spacial score (nSPS) is 23.0. The molecule has 176 valence electrons. The Kier molecular flexibility index (Phi) is 5.21. The first-order valence-electron chi connectivity index (χ1n) is 11.6. The number of hydrogen-bond donors (Lipinski definition) is 4. The Morgan fingerprint density at radius 1 is 1.12 bits per heavy atom. The lowest BCUT2D eigenvalue weighted by atomic mass is 9.74. The highest BCUT2D eigenvalue weighted by atomic mass is 32.2. The highest BCUT2D eigenvalue weighted by Gasteiger charge is 2.50. The Morgan fingerprint density at radius 2 is 1.88 bits per heavy atom. The Hall–Kier alpha value is -2.58. The topological polar surface area (TPSA) is 108 Å². The second kappa shape index (κ2) is 7.74. The largest absolute Gasteiger partial charge is 0.480 e. The minimum absolute atomic E-state index is 0.0322. The number of rotatable bonds is 7. The van der Waals surface area contributed by atoms with Crippen molar-refractivity contribution in [3.05, 3.63) is 53.6 Å². The lowest BCUT2D eigenvalue weighted by Gasteiger charge is -2.39. The molecule has 0 saturated heterocycles. The van der Waals surface area contributed by atoms with Gasteiger partial charge in [0, 0.05) is 17.4 Å². The molecule has 2 aliphatic carbocycles. The molecule has 3 aliphatic rings. The molecular formula is C25H31N3O4S. The quantitative estimate of drug-likeness (QED) is 0.479. The molecule has 7 nitrogen and oxygen atoms in total. The molecule has 2 aromatic rings. The maximum atomic E-state index is 12.8. The predicted octanol–water partition coefficient (Wildman–Crippen LogP) is 4.38. The van der Waals surface area contributed by atoms with Crippen molar-refractivity contribution in [2.45, 2.75) is 80.3 Å². The van der Waals surface area contributed by atoms with Crippen molar-refractivity contribution in [2.24, 2.45) is 0 Å². The lowest BCUT2D eigenvalue weighted by Crippen LogP contribution is -2.39. The van der Waals surface area contributed by atoms with E-state index in [0.717, 1.165) is 48.2 Å². The fraction of sp³-hybridized carbons (Fsp3) is 0.480. The number of carboxylic acids is 1. The van der Waals surface area contributed by atoms with E-state index in [1.165, 1.54) is 0 Å². The Balaban J connectivity index is 1.39. The summed E-state index contributed by atoms with van der Waals surface area (Å²) in [6.07, 6.45) is 4.93. The number of aliphatic carboxylic acids is 1. The van der Waals surface area contributed by atoms with E-state index in [4.69, 9.17) is 0 Å². The number of sulfonamides is 1. The van der Waals surface area contributed by atoms with Gasteiger partial charge in [-0.3, -0.25) is 0 Å². The first-order valence-corrected chi connectivity index (χ1v) is 13.1. The zero-order valence-corrected chi connectivity index (χ0v) is 19.8. The first kappa shape index (κ1) is 22.2. The summed E-state index contributed by atoms with van der Waals surface area (Å²) in [5.74, 6) is -0.809. The summed E-state index contributed by atoms with van der Waals surface area (Å²) < 4.78 is 28.5. The van der Waals surface area contributed by atoms with Crippen LogP contribution in [0, 0.1) is 0 Å². The monoisotopic (exact) mass is 469 g/mol. The molecule has 0 aromatic heterocycles. The van der Waals surface area contributed by atoms with Crippen molar-refractivity contribution in [3.63, 3.8) is 0 Å². The zero-order valence-electron chi connectivity index (χ0n) is 19.0. The summed E-state index contributed by atoms with van der Waals surface area (Å²) in [7, 11) is -3.53. The molecule has 1 aliphatic heterocycles. The summed E-state index contributed by atoms with van der Waals surface area (Å²) in [5.41, 5.74) is 2.73. The number of anilines is 2. The molecule has 0 amide bonds. The van der Waals surface area contributed by atoms with Gasteiger partial charge in [-0.15, -0.1) is 0 Å². The SMILES string of the molecule is CC1(C)CC(c2cccc(NC3(C(=O)O)CC3)c2)Nc2ccc(S(=O)(=O)NC3CCC3)cc21. The van der Waals surface area contributed by atoms with Crippen molar-refractivity contribution < 1.29 is 18.3 Å². The van der Waals surface area contributed by atoms with Gasteiger partial charge >= 0.3 is 5.97 Å². The second-order valence-electron chi connectivity index (χ2n) is 10.4. The second-order valence-corrected chi connectivity index (χ2v) is 12.1. The van der Waals surface area contributed by atoms with E-state index >= 15 is 0 Å². The maximum Gasteiger partial charge on any atom is 0.329 e. The van der Waals surface area contributed by atoms with Gasteiger partial charge in [-0.2, -0.15) is 0 Å². The van der Waals surface area contributed by atoms with Crippen LogP contribution in [-0.2, 0) is 20.2 Å². The molecule has 1 atom stereocenters. The van der Waals surface area contributed by atoms with Crippen LogP contribution in [0.1, 0.15) is 69.5 Å². The molecular weight excluding hydrogens is 438 g/mol. The van der Waals surface area contributed by atoms with E-state index in [-0.39, 0.29) is 17.5 Å². The van der Waals surface area contributed by atoms with Gasteiger partial charge in [0.25, 0.3) is 0 Å². The Labute approximate surface area is 195 Å². The highest BCUT2D eigenvalue weighted by Crippen LogP contribution is 2.45. The van der Waals surface area contributed by atoms with Gasteiger partial charge in [0.2, 0.25) is 10.0 Å². The summed E-state index contributed by atoms with van der Waals surface area (Å²) in [4.78, 5) is 11.9. The van der Waals surface area contributed by atoms with Gasteiger partial charge in [-0.1, -0.05) is 32.4 Å². The van der Waals surface area contributed by atoms with Crippen LogP contribution in [0.4, 0.5) is 11.4 Å². The molecule has 0 spiro atoms. The molecule has 1 heterocycles. The van der Waals surface area contributed by atoms with Crippen LogP contribution in [-0.4, -0.2) is 31.1 Å². The van der Waals surface area contributed by atoms with Gasteiger partial charge in [0.15, 0.2) is 0 Å². The molecule has 8 heteroatoms. The minimum atomic E-state index is -3.53. The number of nitrogens with one attached hydrogen (secondary N) is 3. The summed E-state index contributed by atoms with van der Waals surface area (Å²) in [6, 6.07) is 13.3. The summed E-state index contributed by atoms with van der Waals surface area (Å²) >= 11 is 0. The molecule has 2 aromatic carbocycles. The number of benzene rings is 2. The van der Waals surface area contributed by atoms with Crippen LogP contribution >= 0.6 is 0 Å².